The van der Waals surface area contributed by atoms with Crippen LogP contribution in [0, 0.1) is 0 Å². The Bertz CT molecular complexity index is 377. The molecule has 0 spiro atoms. The quantitative estimate of drug-likeness (QED) is 0.0801. The van der Waals surface area contributed by atoms with Crippen molar-refractivity contribution in [1.82, 2.24) is 15.5 Å². The zero-order valence-electron chi connectivity index (χ0n) is 22.2. The summed E-state index contributed by atoms with van der Waals surface area (Å²) >= 11 is 0. The van der Waals surface area contributed by atoms with Crippen LogP contribution in [0.15, 0.2) is 0 Å². The number of nitrogens with two attached hydrogens (primary N) is 2. The van der Waals surface area contributed by atoms with Gasteiger partial charge in [0.05, 0.1) is 31.0 Å². The maximum atomic E-state index is 9.45. The molecule has 12 heteroatoms. The van der Waals surface area contributed by atoms with Gasteiger partial charge in [0.2, 0.25) is 0 Å². The highest BCUT2D eigenvalue weighted by atomic mass is 32.0. The molecule has 0 radical (unpaired) electrons. The molecule has 1 aliphatic heterocycles. The van der Waals surface area contributed by atoms with E-state index in [1.54, 1.807) is 20.8 Å². The molecule has 208 valence electrons. The molecule has 0 bridgehead atoms. The first-order valence-corrected chi connectivity index (χ1v) is 15.5. The molecular weight excluding hydrogens is 476 g/mol. The molecular formula is C22H55N5O5P2. The Morgan fingerprint density at radius 1 is 0.971 bits per heavy atom. The Morgan fingerprint density at radius 3 is 1.59 bits per heavy atom. The summed E-state index contributed by atoms with van der Waals surface area (Å²) in [6.45, 7) is 16.8. The summed E-state index contributed by atoms with van der Waals surface area (Å²) in [6.07, 6.45) is 2.99. The molecule has 0 aromatic carbocycles. The molecule has 5 unspecified atom stereocenters. The number of unbranched alkanes of at least 4 members (excludes halogenated alkanes) is 2. The Labute approximate surface area is 211 Å². The largest absolute Gasteiger partial charge is 0.392 e. The number of hydrogen-bond donors (Lipinski definition) is 7. The van der Waals surface area contributed by atoms with E-state index >= 15 is 0 Å². The number of ether oxygens (including phenoxy) is 1. The van der Waals surface area contributed by atoms with Crippen LogP contribution in [0.4, 0.5) is 0 Å². The van der Waals surface area contributed by atoms with Crippen molar-refractivity contribution in [2.45, 2.75) is 71.4 Å². The van der Waals surface area contributed by atoms with E-state index in [9.17, 15) is 9.67 Å². The molecule has 1 saturated heterocycles. The van der Waals surface area contributed by atoms with Gasteiger partial charge in [-0.05, 0) is 68.6 Å². The third-order valence-corrected chi connectivity index (χ3v) is 4.84. The second-order valence-corrected chi connectivity index (χ2v) is 10.9. The van der Waals surface area contributed by atoms with Crippen molar-refractivity contribution in [3.63, 3.8) is 0 Å². The van der Waals surface area contributed by atoms with E-state index in [2.05, 4.69) is 22.5 Å². The highest BCUT2D eigenvalue weighted by Crippen LogP contribution is 2.19. The third kappa shape index (κ3) is 45.6. The van der Waals surface area contributed by atoms with E-state index in [1.807, 2.05) is 6.66 Å². The van der Waals surface area contributed by atoms with Crippen LogP contribution in [-0.2, 0) is 9.30 Å². The number of nitrogens with one attached hydrogen (secondary N) is 2. The number of nitrogens with zero attached hydrogens (tertiary/aromatic N) is 1. The predicted molar refractivity (Wildman–Crippen MR) is 146 cm³/mol. The molecule has 0 saturated carbocycles. The van der Waals surface area contributed by atoms with Gasteiger partial charge in [0, 0.05) is 45.8 Å². The summed E-state index contributed by atoms with van der Waals surface area (Å²) in [6, 6.07) is 0. The summed E-state index contributed by atoms with van der Waals surface area (Å²) in [7, 11) is 0.833. The van der Waals surface area contributed by atoms with Gasteiger partial charge in [-0.1, -0.05) is 6.42 Å². The van der Waals surface area contributed by atoms with E-state index in [4.69, 9.17) is 26.4 Å². The van der Waals surface area contributed by atoms with Gasteiger partial charge in [-0.25, -0.2) is 0 Å². The number of hydrogen-bond acceptors (Lipinski definition) is 10. The Balaban J connectivity index is -0.000000513. The summed E-state index contributed by atoms with van der Waals surface area (Å²) < 4.78 is 14.0. The minimum Gasteiger partial charge on any atom is -0.392 e. The van der Waals surface area contributed by atoms with Gasteiger partial charge in [0.15, 0.2) is 8.15 Å². The molecule has 9 N–H and O–H groups in total. The molecule has 0 aliphatic carbocycles. The lowest BCUT2D eigenvalue weighted by Gasteiger charge is -2.24. The second kappa shape index (κ2) is 31.2. The van der Waals surface area contributed by atoms with Gasteiger partial charge in [-0.15, -0.1) is 0 Å². The lowest BCUT2D eigenvalue weighted by Crippen LogP contribution is -2.42. The van der Waals surface area contributed by atoms with Crippen molar-refractivity contribution in [3.05, 3.63) is 0 Å². The normalized spacial score (nSPS) is 17.2. The second-order valence-electron chi connectivity index (χ2n) is 8.35. The highest BCUT2D eigenvalue weighted by molar-refractivity contribution is 8.05. The molecule has 1 aliphatic rings. The van der Waals surface area contributed by atoms with Crippen LogP contribution in [0.25, 0.3) is 0 Å². The summed E-state index contributed by atoms with van der Waals surface area (Å²) in [5.74, 6) is 0. The minimum absolute atomic E-state index is 0.276. The first-order valence-electron chi connectivity index (χ1n) is 12.3. The van der Waals surface area contributed by atoms with E-state index in [0.717, 1.165) is 58.7 Å². The predicted octanol–water partition coefficient (Wildman–Crippen LogP) is 0.591. The topological polar surface area (TPSA) is 170 Å². The molecule has 10 nitrogen and oxygen atoms in total. The number of aliphatic hydroxyl groups excluding tert-OH is 3. The van der Waals surface area contributed by atoms with E-state index in [1.165, 1.54) is 6.42 Å². The van der Waals surface area contributed by atoms with Crippen molar-refractivity contribution in [2.24, 2.45) is 11.5 Å². The molecule has 1 heterocycles. The summed E-state index contributed by atoms with van der Waals surface area (Å²) in [5.41, 5.74) is 10.5. The zero-order valence-corrected chi connectivity index (χ0v) is 24.1. The lowest BCUT2D eigenvalue weighted by molar-refractivity contribution is 0.124. The lowest BCUT2D eigenvalue weighted by atomic mass is 10.2. The molecule has 0 amide bonds. The van der Waals surface area contributed by atoms with Crippen molar-refractivity contribution in [3.8, 4) is 0 Å². The highest BCUT2D eigenvalue weighted by Gasteiger charge is 2.13. The van der Waals surface area contributed by atoms with Gasteiger partial charge in [-0.2, -0.15) is 0 Å². The molecule has 34 heavy (non-hydrogen) atoms. The molecule has 0 aromatic heterocycles. The van der Waals surface area contributed by atoms with Crippen LogP contribution < -0.4 is 22.1 Å². The number of epoxide rings is 1. The first kappa shape index (κ1) is 38.7. The fraction of sp³-hybridized carbons (Fsp3) is 1.00. The Kier molecular flexibility index (Phi) is 35.5. The van der Waals surface area contributed by atoms with Gasteiger partial charge in [0.1, 0.15) is 0 Å². The summed E-state index contributed by atoms with van der Waals surface area (Å²) in [5, 5.41) is 34.1. The van der Waals surface area contributed by atoms with E-state index in [0.29, 0.717) is 34.0 Å². The van der Waals surface area contributed by atoms with Crippen LogP contribution in [0.3, 0.4) is 0 Å². The van der Waals surface area contributed by atoms with Crippen LogP contribution in [0.5, 0.6) is 0 Å². The van der Waals surface area contributed by atoms with Crippen molar-refractivity contribution in [2.75, 3.05) is 72.2 Å². The van der Waals surface area contributed by atoms with Crippen molar-refractivity contribution >= 4 is 16.4 Å². The maximum Gasteiger partial charge on any atom is 0.177 e. The van der Waals surface area contributed by atoms with Crippen molar-refractivity contribution in [1.29, 1.82) is 0 Å². The summed E-state index contributed by atoms with van der Waals surface area (Å²) in [4.78, 5) is 2.16. The smallest absolute Gasteiger partial charge is 0.177 e. The van der Waals surface area contributed by atoms with Crippen LogP contribution >= 0.6 is 16.4 Å². The molecule has 1 fully saturated rings. The van der Waals surface area contributed by atoms with Gasteiger partial charge in [0.25, 0.3) is 0 Å². The standard InChI is InChI=1S/C13H31N3O3.C5H14N2.C3H6O.CH4OP2/c1-11(17)8-14-4-6-16(10-13(3)19)7-5-15-9-12(2)18;6-4-2-1-3-5-7;1-3-2-4-3;1-3-4-2/h11-15,17-19H,4-10H2,1-3H3;1-7H2;3H,2H2,1H3;3H,1H3. The Hall–Kier alpha value is 0.170. The van der Waals surface area contributed by atoms with Gasteiger partial charge < -0.3 is 42.2 Å². The van der Waals surface area contributed by atoms with Crippen LogP contribution in [0.2, 0.25) is 0 Å². The fourth-order valence-corrected chi connectivity index (χ4v) is 2.33. The van der Waals surface area contributed by atoms with Gasteiger partial charge in [-0.3, -0.25) is 9.46 Å². The SMILES string of the molecule is CC(O)CNCCN(CCNCC(C)O)CC(C)O.CC1CO1.CPP=O.NCCCCCN. The average molecular weight is 532 g/mol. The van der Waals surface area contributed by atoms with Crippen LogP contribution in [0.1, 0.15) is 47.0 Å². The number of rotatable bonds is 17. The monoisotopic (exact) mass is 531 g/mol. The van der Waals surface area contributed by atoms with E-state index in [-0.39, 0.29) is 26.5 Å². The molecule has 5 atom stereocenters. The first-order chi connectivity index (χ1) is 16.1. The zero-order chi connectivity index (χ0) is 26.6. The van der Waals surface area contributed by atoms with Gasteiger partial charge >= 0.3 is 0 Å². The third-order valence-electron chi connectivity index (χ3n) is 4.11. The maximum absolute atomic E-state index is 9.45. The average Bonchev–Trinajstić information content (AvgIpc) is 3.57. The fourth-order valence-electron chi connectivity index (χ4n) is 2.33. The number of aliphatic hydroxyl groups is 3. The van der Waals surface area contributed by atoms with Crippen molar-refractivity contribution < 1.29 is 24.6 Å². The minimum atomic E-state index is -0.353. The van der Waals surface area contributed by atoms with Crippen LogP contribution in [-0.4, -0.2) is 117 Å². The van der Waals surface area contributed by atoms with E-state index < -0.39 is 0 Å². The molecule has 1 rings (SSSR count). The Morgan fingerprint density at radius 2 is 1.35 bits per heavy atom. The molecule has 0 aromatic rings.